The average Bonchev–Trinajstić information content (AvgIpc) is 2.01. The van der Waals surface area contributed by atoms with Gasteiger partial charge in [0.1, 0.15) is 0 Å². The Morgan fingerprint density at radius 2 is 2.00 bits per heavy atom. The first-order valence-electron chi connectivity index (χ1n) is 5.04. The van der Waals surface area contributed by atoms with Crippen LogP contribution in [0.15, 0.2) is 0 Å². The predicted molar refractivity (Wildman–Crippen MR) is 58.3 cm³/mol. The molecule has 0 radical (unpaired) electrons. The lowest BCUT2D eigenvalue weighted by Gasteiger charge is -2.19. The highest BCUT2D eigenvalue weighted by molar-refractivity contribution is 5.78. The van der Waals surface area contributed by atoms with E-state index in [1.165, 1.54) is 0 Å². The van der Waals surface area contributed by atoms with Gasteiger partial charge in [0.15, 0.2) is 0 Å². The summed E-state index contributed by atoms with van der Waals surface area (Å²) in [7, 11) is 1.60. The lowest BCUT2D eigenvalue weighted by atomic mass is 10.2. The second kappa shape index (κ2) is 6.76. The normalized spacial score (nSPS) is 13.7. The molecule has 0 aliphatic rings. The smallest absolute Gasteiger partial charge is 0.236 e. The largest absolute Gasteiger partial charge is 0.383 e. The Bertz CT molecular complexity index is 190. The van der Waals surface area contributed by atoms with Crippen molar-refractivity contribution in [3.8, 4) is 0 Å². The van der Waals surface area contributed by atoms with Crippen molar-refractivity contribution in [1.29, 1.82) is 0 Å². The van der Waals surface area contributed by atoms with Gasteiger partial charge in [0.2, 0.25) is 5.91 Å². The molecular weight excluding hydrogens is 196 g/mol. The third-order valence-electron chi connectivity index (χ3n) is 1.44. The Morgan fingerprint density at radius 3 is 2.47 bits per heavy atom. The van der Waals surface area contributed by atoms with Gasteiger partial charge in [-0.1, -0.05) is 0 Å². The minimum Gasteiger partial charge on any atom is -0.383 e. The van der Waals surface area contributed by atoms with E-state index in [0.29, 0.717) is 6.61 Å². The first kappa shape index (κ1) is 14.3. The number of ether oxygens (including phenoxy) is 1. The molecule has 0 aromatic rings. The van der Waals surface area contributed by atoms with Crippen molar-refractivity contribution in [2.75, 3.05) is 20.3 Å². The highest BCUT2D eigenvalue weighted by Gasteiger charge is 2.12. The monoisotopic (exact) mass is 218 g/mol. The molecule has 0 saturated heterocycles. The fraction of sp³-hybridized carbons (Fsp3) is 0.900. The number of methoxy groups -OCH3 is 1. The predicted octanol–water partition coefficient (Wildman–Crippen LogP) is 0.457. The number of rotatable bonds is 6. The van der Waals surface area contributed by atoms with Crippen LogP contribution in [0.2, 0.25) is 0 Å². The summed E-state index contributed by atoms with van der Waals surface area (Å²) in [4.78, 5) is 16.5. The lowest BCUT2D eigenvalue weighted by molar-refractivity contribution is -0.128. The molecular formula is C10H22N2O3. The van der Waals surface area contributed by atoms with Gasteiger partial charge in [-0.2, -0.15) is 5.48 Å². The fourth-order valence-corrected chi connectivity index (χ4v) is 0.936. The van der Waals surface area contributed by atoms with Gasteiger partial charge in [0.05, 0.1) is 18.8 Å². The zero-order valence-electron chi connectivity index (χ0n) is 10.2. The minimum absolute atomic E-state index is 0.0129. The van der Waals surface area contributed by atoms with E-state index < -0.39 is 0 Å². The fourth-order valence-electron chi connectivity index (χ4n) is 0.936. The third kappa shape index (κ3) is 9.65. The molecule has 0 aromatic carbocycles. The van der Waals surface area contributed by atoms with Crippen molar-refractivity contribution >= 4 is 5.91 Å². The summed E-state index contributed by atoms with van der Waals surface area (Å²) in [6.45, 7) is 8.26. The van der Waals surface area contributed by atoms with Gasteiger partial charge in [-0.15, -0.1) is 0 Å². The average molecular weight is 218 g/mol. The Hall–Kier alpha value is -0.650. The Kier molecular flexibility index (Phi) is 6.47. The standard InChI is InChI=1S/C10H22N2O3/c1-8(7-14-5)12-9(13)6-11-15-10(2,3)4/h8,11H,6-7H2,1-5H3,(H,12,13). The minimum atomic E-state index is -0.293. The van der Waals surface area contributed by atoms with Crippen LogP contribution in [0.25, 0.3) is 0 Å². The number of hydrogen-bond acceptors (Lipinski definition) is 4. The van der Waals surface area contributed by atoms with Crippen molar-refractivity contribution in [2.24, 2.45) is 0 Å². The molecule has 2 N–H and O–H groups in total. The van der Waals surface area contributed by atoms with E-state index >= 15 is 0 Å². The van der Waals surface area contributed by atoms with E-state index in [2.05, 4.69) is 10.8 Å². The van der Waals surface area contributed by atoms with E-state index in [9.17, 15) is 4.79 Å². The molecule has 5 heteroatoms. The second-order valence-corrected chi connectivity index (χ2v) is 4.46. The van der Waals surface area contributed by atoms with E-state index in [1.807, 2.05) is 27.7 Å². The summed E-state index contributed by atoms with van der Waals surface area (Å²) < 4.78 is 4.90. The molecule has 5 nitrogen and oxygen atoms in total. The van der Waals surface area contributed by atoms with Crippen molar-refractivity contribution in [2.45, 2.75) is 39.3 Å². The van der Waals surface area contributed by atoms with Crippen molar-refractivity contribution in [1.82, 2.24) is 10.8 Å². The van der Waals surface area contributed by atoms with Gasteiger partial charge in [-0.05, 0) is 27.7 Å². The van der Waals surface area contributed by atoms with Gasteiger partial charge >= 0.3 is 0 Å². The lowest BCUT2D eigenvalue weighted by Crippen LogP contribution is -2.42. The van der Waals surface area contributed by atoms with Crippen LogP contribution in [-0.4, -0.2) is 37.8 Å². The summed E-state index contributed by atoms with van der Waals surface area (Å²) in [5.41, 5.74) is 2.33. The summed E-state index contributed by atoms with van der Waals surface area (Å²) >= 11 is 0. The topological polar surface area (TPSA) is 59.6 Å². The number of amides is 1. The van der Waals surface area contributed by atoms with Gasteiger partial charge in [-0.3, -0.25) is 9.63 Å². The van der Waals surface area contributed by atoms with Crippen LogP contribution in [0.3, 0.4) is 0 Å². The molecule has 0 fully saturated rings. The Morgan fingerprint density at radius 1 is 1.40 bits per heavy atom. The number of nitrogens with one attached hydrogen (secondary N) is 2. The maximum atomic E-state index is 11.3. The number of carbonyl (C=O) groups is 1. The SMILES string of the molecule is COCC(C)NC(=O)CNOC(C)(C)C. The van der Waals surface area contributed by atoms with E-state index in [0.717, 1.165) is 0 Å². The molecule has 0 heterocycles. The van der Waals surface area contributed by atoms with Crippen molar-refractivity contribution in [3.63, 3.8) is 0 Å². The van der Waals surface area contributed by atoms with E-state index in [1.54, 1.807) is 7.11 Å². The highest BCUT2D eigenvalue weighted by atomic mass is 16.7. The molecule has 90 valence electrons. The van der Waals surface area contributed by atoms with Crippen LogP contribution in [0.5, 0.6) is 0 Å². The Labute approximate surface area is 91.5 Å². The first-order valence-corrected chi connectivity index (χ1v) is 5.04. The summed E-state index contributed by atoms with van der Waals surface area (Å²) in [6, 6.07) is 0.0129. The van der Waals surface area contributed by atoms with Gasteiger partial charge in [0, 0.05) is 13.2 Å². The Balaban J connectivity index is 3.58. The number of hydrogen-bond donors (Lipinski definition) is 2. The molecule has 0 bridgehead atoms. The zero-order valence-corrected chi connectivity index (χ0v) is 10.2. The summed E-state index contributed by atoms with van der Waals surface area (Å²) in [6.07, 6.45) is 0. The number of carbonyl (C=O) groups excluding carboxylic acids is 1. The molecule has 0 saturated carbocycles. The van der Waals surface area contributed by atoms with Crippen LogP contribution < -0.4 is 10.8 Å². The molecule has 1 amide bonds. The summed E-state index contributed by atoms with van der Waals surface area (Å²) in [5.74, 6) is -0.108. The molecule has 15 heavy (non-hydrogen) atoms. The van der Waals surface area contributed by atoms with E-state index in [-0.39, 0.29) is 24.1 Å². The highest BCUT2D eigenvalue weighted by Crippen LogP contribution is 2.02. The summed E-state index contributed by atoms with van der Waals surface area (Å²) in [5, 5.41) is 2.76. The van der Waals surface area contributed by atoms with Crippen LogP contribution in [0, 0.1) is 0 Å². The maximum Gasteiger partial charge on any atom is 0.236 e. The zero-order chi connectivity index (χ0) is 11.9. The quantitative estimate of drug-likeness (QED) is 0.636. The third-order valence-corrected chi connectivity index (χ3v) is 1.44. The van der Waals surface area contributed by atoms with Crippen LogP contribution in [0.4, 0.5) is 0 Å². The molecule has 0 aromatic heterocycles. The van der Waals surface area contributed by atoms with Gasteiger partial charge < -0.3 is 10.1 Å². The molecule has 0 rings (SSSR count). The van der Waals surface area contributed by atoms with Crippen molar-refractivity contribution < 1.29 is 14.4 Å². The van der Waals surface area contributed by atoms with Crippen LogP contribution in [0.1, 0.15) is 27.7 Å². The van der Waals surface area contributed by atoms with Crippen molar-refractivity contribution in [3.05, 3.63) is 0 Å². The van der Waals surface area contributed by atoms with Gasteiger partial charge in [-0.25, -0.2) is 0 Å². The first-order chi connectivity index (χ1) is 6.85. The van der Waals surface area contributed by atoms with Crippen LogP contribution in [-0.2, 0) is 14.4 Å². The molecule has 1 atom stereocenters. The van der Waals surface area contributed by atoms with Gasteiger partial charge in [0.25, 0.3) is 0 Å². The van der Waals surface area contributed by atoms with Crippen LogP contribution >= 0.6 is 0 Å². The number of hydroxylamine groups is 1. The van der Waals surface area contributed by atoms with E-state index in [4.69, 9.17) is 9.57 Å². The molecule has 0 aliphatic heterocycles. The molecule has 1 unspecified atom stereocenters. The molecule has 0 spiro atoms. The molecule has 0 aliphatic carbocycles. The maximum absolute atomic E-state index is 11.3. The second-order valence-electron chi connectivity index (χ2n) is 4.46.